The molecule has 92 valence electrons. The second kappa shape index (κ2) is 4.98. The van der Waals surface area contributed by atoms with Gasteiger partial charge in [0.05, 0.1) is 23.1 Å². The van der Waals surface area contributed by atoms with E-state index in [0.717, 1.165) is 17.5 Å². The number of nitriles is 1. The van der Waals surface area contributed by atoms with Crippen molar-refractivity contribution < 1.29 is 13.9 Å². The summed E-state index contributed by atoms with van der Waals surface area (Å²) < 4.78 is 18.5. The van der Waals surface area contributed by atoms with Gasteiger partial charge in [0.15, 0.2) is 5.82 Å². The summed E-state index contributed by atoms with van der Waals surface area (Å²) in [6, 6.07) is 1.93. The molecule has 5 nitrogen and oxygen atoms in total. The Morgan fingerprint density at radius 1 is 1.67 bits per heavy atom. The summed E-state index contributed by atoms with van der Waals surface area (Å²) in [5, 5.41) is 12.1. The van der Waals surface area contributed by atoms with Crippen LogP contribution in [0.4, 0.5) is 14.2 Å². The minimum Gasteiger partial charge on any atom is -0.450 e. The van der Waals surface area contributed by atoms with Crippen LogP contribution in [0.2, 0.25) is 0 Å². The van der Waals surface area contributed by atoms with Crippen LogP contribution in [0.25, 0.3) is 10.1 Å². The summed E-state index contributed by atoms with van der Waals surface area (Å²) in [7, 11) is 0. The number of rotatable bonds is 2. The van der Waals surface area contributed by atoms with Gasteiger partial charge in [0, 0.05) is 11.6 Å². The molecule has 0 unspecified atom stereocenters. The summed E-state index contributed by atoms with van der Waals surface area (Å²) in [6.07, 6.45) is 1.78. The Balaban J connectivity index is 2.48. The van der Waals surface area contributed by atoms with Crippen molar-refractivity contribution in [2.75, 3.05) is 11.9 Å². The Morgan fingerprint density at radius 3 is 3.11 bits per heavy atom. The van der Waals surface area contributed by atoms with Gasteiger partial charge in [-0.2, -0.15) is 5.26 Å². The fourth-order valence-electron chi connectivity index (χ4n) is 1.44. The number of nitrogens with one attached hydrogen (secondary N) is 1. The van der Waals surface area contributed by atoms with Crippen LogP contribution in [0, 0.1) is 17.1 Å². The van der Waals surface area contributed by atoms with E-state index in [1.807, 2.05) is 6.07 Å². The number of halogens is 1. The quantitative estimate of drug-likeness (QED) is 0.905. The molecule has 0 saturated heterocycles. The Labute approximate surface area is 106 Å². The second-order valence-corrected chi connectivity index (χ2v) is 4.28. The zero-order chi connectivity index (χ0) is 13.1. The number of pyridine rings is 1. The second-order valence-electron chi connectivity index (χ2n) is 3.26. The lowest BCUT2D eigenvalue weighted by Gasteiger charge is -2.02. The van der Waals surface area contributed by atoms with Gasteiger partial charge in [-0.15, -0.1) is 11.3 Å². The van der Waals surface area contributed by atoms with Crippen LogP contribution in [0.5, 0.6) is 0 Å². The molecule has 0 spiro atoms. The van der Waals surface area contributed by atoms with Gasteiger partial charge in [0.2, 0.25) is 0 Å². The van der Waals surface area contributed by atoms with E-state index in [1.165, 1.54) is 6.20 Å². The first-order valence-corrected chi connectivity index (χ1v) is 5.89. The lowest BCUT2D eigenvalue weighted by molar-refractivity contribution is 0.168. The van der Waals surface area contributed by atoms with E-state index in [0.29, 0.717) is 5.39 Å². The van der Waals surface area contributed by atoms with Crippen molar-refractivity contribution in [1.29, 1.82) is 5.26 Å². The van der Waals surface area contributed by atoms with E-state index >= 15 is 0 Å². The first-order chi connectivity index (χ1) is 8.67. The molecule has 1 N–H and O–H groups in total. The maximum absolute atomic E-state index is 13.5. The summed E-state index contributed by atoms with van der Waals surface area (Å²) >= 11 is 0.980. The number of carbonyl (C=O) groups is 1. The first kappa shape index (κ1) is 12.3. The molecule has 18 heavy (non-hydrogen) atoms. The van der Waals surface area contributed by atoms with E-state index in [-0.39, 0.29) is 21.9 Å². The van der Waals surface area contributed by atoms with Crippen LogP contribution in [-0.4, -0.2) is 17.7 Å². The number of hydrogen-bond donors (Lipinski definition) is 1. The molecule has 0 fully saturated rings. The van der Waals surface area contributed by atoms with Gasteiger partial charge < -0.3 is 4.74 Å². The van der Waals surface area contributed by atoms with Crippen molar-refractivity contribution in [3.8, 4) is 6.07 Å². The Hall–Kier alpha value is -2.20. The normalized spacial score (nSPS) is 10.1. The molecule has 0 aromatic carbocycles. The number of amides is 1. The van der Waals surface area contributed by atoms with E-state index in [9.17, 15) is 9.18 Å². The largest absolute Gasteiger partial charge is 0.450 e. The van der Waals surface area contributed by atoms with Crippen LogP contribution in [0.3, 0.4) is 0 Å². The van der Waals surface area contributed by atoms with Gasteiger partial charge in [-0.3, -0.25) is 10.3 Å². The number of ether oxygens (including phenoxy) is 1. The zero-order valence-corrected chi connectivity index (χ0v) is 10.2. The van der Waals surface area contributed by atoms with Gasteiger partial charge in [-0.1, -0.05) is 0 Å². The van der Waals surface area contributed by atoms with Crippen molar-refractivity contribution in [2.24, 2.45) is 0 Å². The molecule has 0 aliphatic carbocycles. The van der Waals surface area contributed by atoms with Crippen molar-refractivity contribution in [1.82, 2.24) is 4.98 Å². The fourth-order valence-corrected chi connectivity index (χ4v) is 2.45. The molecular formula is C11H8FN3O2S. The van der Waals surface area contributed by atoms with Crippen LogP contribution < -0.4 is 5.32 Å². The molecule has 1 amide bonds. The highest BCUT2D eigenvalue weighted by atomic mass is 32.1. The van der Waals surface area contributed by atoms with E-state index in [2.05, 4.69) is 10.3 Å². The molecular weight excluding hydrogens is 257 g/mol. The number of carbonyl (C=O) groups excluding carboxylic acids is 1. The predicted molar refractivity (Wildman–Crippen MR) is 64.9 cm³/mol. The van der Waals surface area contributed by atoms with Crippen LogP contribution in [-0.2, 0) is 4.74 Å². The molecule has 7 heteroatoms. The third kappa shape index (κ3) is 2.10. The Morgan fingerprint density at radius 2 is 2.44 bits per heavy atom. The average molecular weight is 265 g/mol. The number of aromatic nitrogens is 1. The van der Waals surface area contributed by atoms with Crippen molar-refractivity contribution in [3.63, 3.8) is 0 Å². The van der Waals surface area contributed by atoms with Crippen LogP contribution in [0.15, 0.2) is 12.4 Å². The maximum atomic E-state index is 13.5. The molecule has 2 aromatic rings. The Kier molecular flexibility index (Phi) is 3.39. The lowest BCUT2D eigenvalue weighted by Crippen LogP contribution is -2.12. The molecule has 2 rings (SSSR count). The SMILES string of the molecule is CCOC(=O)Nc1sc2c(F)cncc2c1C#N. The van der Waals surface area contributed by atoms with Gasteiger partial charge >= 0.3 is 6.09 Å². The molecule has 2 heterocycles. The lowest BCUT2D eigenvalue weighted by atomic mass is 10.2. The van der Waals surface area contributed by atoms with Gasteiger partial charge in [-0.05, 0) is 6.92 Å². The van der Waals surface area contributed by atoms with Gasteiger partial charge in [0.1, 0.15) is 11.1 Å². The minimum absolute atomic E-state index is 0.190. The number of hydrogen-bond acceptors (Lipinski definition) is 5. The fraction of sp³-hybridized carbons (Fsp3) is 0.182. The minimum atomic E-state index is -0.672. The molecule has 0 radical (unpaired) electrons. The van der Waals surface area contributed by atoms with Crippen LogP contribution >= 0.6 is 11.3 Å². The van der Waals surface area contributed by atoms with Gasteiger partial charge in [0.25, 0.3) is 0 Å². The zero-order valence-electron chi connectivity index (χ0n) is 9.36. The van der Waals surface area contributed by atoms with E-state index in [4.69, 9.17) is 10.00 Å². The topological polar surface area (TPSA) is 75.0 Å². The summed E-state index contributed by atoms with van der Waals surface area (Å²) in [5.41, 5.74) is 0.190. The number of anilines is 1. The van der Waals surface area contributed by atoms with E-state index < -0.39 is 11.9 Å². The smallest absolute Gasteiger partial charge is 0.412 e. The summed E-state index contributed by atoms with van der Waals surface area (Å²) in [4.78, 5) is 15.0. The molecule has 0 atom stereocenters. The highest BCUT2D eigenvalue weighted by molar-refractivity contribution is 7.23. The number of nitrogens with zero attached hydrogens (tertiary/aromatic N) is 2. The van der Waals surface area contributed by atoms with Crippen molar-refractivity contribution >= 4 is 32.5 Å². The number of thiophene rings is 1. The third-order valence-electron chi connectivity index (χ3n) is 2.16. The Bertz CT molecular complexity index is 648. The summed E-state index contributed by atoms with van der Waals surface area (Å²) in [5.74, 6) is -0.522. The first-order valence-electron chi connectivity index (χ1n) is 5.07. The van der Waals surface area contributed by atoms with Gasteiger partial charge in [-0.25, -0.2) is 9.18 Å². The third-order valence-corrected chi connectivity index (χ3v) is 3.29. The van der Waals surface area contributed by atoms with Crippen molar-refractivity contribution in [2.45, 2.75) is 6.92 Å². The molecule has 0 bridgehead atoms. The van der Waals surface area contributed by atoms with Crippen molar-refractivity contribution in [3.05, 3.63) is 23.8 Å². The molecule has 2 aromatic heterocycles. The summed E-state index contributed by atoms with van der Waals surface area (Å²) in [6.45, 7) is 1.88. The average Bonchev–Trinajstić information content (AvgIpc) is 2.68. The monoisotopic (exact) mass is 265 g/mol. The molecule has 0 aliphatic heterocycles. The number of fused-ring (bicyclic) bond motifs is 1. The van der Waals surface area contributed by atoms with Crippen LogP contribution in [0.1, 0.15) is 12.5 Å². The maximum Gasteiger partial charge on any atom is 0.412 e. The molecule has 0 saturated carbocycles. The van der Waals surface area contributed by atoms with E-state index in [1.54, 1.807) is 6.92 Å². The molecule has 0 aliphatic rings. The standard InChI is InChI=1S/C11H8FN3O2S/c1-2-17-11(16)15-10-6(3-13)7-4-14-5-8(12)9(7)18-10/h4-5H,2H2,1H3,(H,15,16). The predicted octanol–water partition coefficient (Wildman–Crippen LogP) is 2.88. The highest BCUT2D eigenvalue weighted by Crippen LogP contribution is 2.36. The highest BCUT2D eigenvalue weighted by Gasteiger charge is 2.17.